The first-order chi connectivity index (χ1) is 27.9. The van der Waals surface area contributed by atoms with Crippen molar-refractivity contribution in [2.45, 2.75) is 128 Å². The summed E-state index contributed by atoms with van der Waals surface area (Å²) < 4.78 is 52.2. The minimum absolute atomic E-state index is 0.222. The molecule has 1 N–H and O–H groups in total. The average molecular weight is 794 g/mol. The highest BCUT2D eigenvalue weighted by Crippen LogP contribution is 2.34. The fraction of sp³-hybridized carbons (Fsp3) is 0.438. The van der Waals surface area contributed by atoms with Gasteiger partial charge in [-0.3, -0.25) is 0 Å². The fourth-order valence-electron chi connectivity index (χ4n) is 7.22. The van der Waals surface area contributed by atoms with Crippen LogP contribution in [-0.4, -0.2) is 72.9 Å². The van der Waals surface area contributed by atoms with E-state index in [2.05, 4.69) is 5.32 Å². The number of amides is 1. The molecule has 0 aliphatic carbocycles. The van der Waals surface area contributed by atoms with E-state index in [0.29, 0.717) is 26.4 Å². The lowest BCUT2D eigenvalue weighted by Crippen LogP contribution is -2.60. The molecular weight excluding hydrogens is 735 g/mol. The van der Waals surface area contributed by atoms with Gasteiger partial charge >= 0.3 is 6.09 Å². The van der Waals surface area contributed by atoms with Gasteiger partial charge in [-0.15, -0.1) is 0 Å². The van der Waals surface area contributed by atoms with Crippen molar-refractivity contribution in [1.82, 2.24) is 5.32 Å². The molecule has 6 rings (SSSR count). The van der Waals surface area contributed by atoms with Gasteiger partial charge in [-0.1, -0.05) is 133 Å². The molecule has 4 aromatic carbocycles. The van der Waals surface area contributed by atoms with Gasteiger partial charge in [0.1, 0.15) is 42.2 Å². The standard InChI is InChI=1S/C48H59NO9/c1-34-42(57-48(5,6)56-34)39(49-46(50)58-47(2,3)4)27-28-40-43(52-30-36-21-13-8-14-22-36)45(54-32-38-25-17-10-18-26-38)44(53-31-37-23-15-9-16-24-37)41(55-40)33-51-29-35-19-11-7-12-20-35/h7-28,34,39-45H,29-33H2,1-6H3,(H,49,50)/b28-27+/t34-,39+,40+,41?,42-,43?,44+,45-/m1/s1. The lowest BCUT2D eigenvalue weighted by atomic mass is 9.93. The maximum Gasteiger partial charge on any atom is 0.408 e. The van der Waals surface area contributed by atoms with E-state index in [-0.39, 0.29) is 12.7 Å². The Bertz CT molecular complexity index is 1830. The lowest BCUT2D eigenvalue weighted by molar-refractivity contribution is -0.263. The molecule has 10 nitrogen and oxygen atoms in total. The van der Waals surface area contributed by atoms with E-state index in [9.17, 15) is 4.79 Å². The van der Waals surface area contributed by atoms with Gasteiger partial charge < -0.3 is 43.2 Å². The predicted octanol–water partition coefficient (Wildman–Crippen LogP) is 8.72. The summed E-state index contributed by atoms with van der Waals surface area (Å²) in [5, 5.41) is 3.03. The molecule has 1 amide bonds. The zero-order chi connectivity index (χ0) is 41.0. The van der Waals surface area contributed by atoms with Crippen LogP contribution >= 0.6 is 0 Å². The second-order valence-electron chi connectivity index (χ2n) is 16.3. The van der Waals surface area contributed by atoms with Crippen LogP contribution in [0.4, 0.5) is 4.79 Å². The monoisotopic (exact) mass is 793 g/mol. The van der Waals surface area contributed by atoms with Crippen molar-refractivity contribution >= 4 is 6.09 Å². The first-order valence-electron chi connectivity index (χ1n) is 20.2. The highest BCUT2D eigenvalue weighted by atomic mass is 16.8. The van der Waals surface area contributed by atoms with Crippen LogP contribution in [0.15, 0.2) is 133 Å². The van der Waals surface area contributed by atoms with Crippen molar-refractivity contribution in [1.29, 1.82) is 0 Å². The molecule has 8 atom stereocenters. The van der Waals surface area contributed by atoms with Gasteiger partial charge in [0.2, 0.25) is 0 Å². The van der Waals surface area contributed by atoms with Gasteiger partial charge in [-0.2, -0.15) is 0 Å². The maximum atomic E-state index is 13.3. The van der Waals surface area contributed by atoms with Gasteiger partial charge in [-0.05, 0) is 63.8 Å². The van der Waals surface area contributed by atoms with E-state index >= 15 is 0 Å². The molecule has 2 unspecified atom stereocenters. The Morgan fingerprint density at radius 3 is 1.62 bits per heavy atom. The topological polar surface area (TPSA) is 103 Å². The number of rotatable bonds is 17. The summed E-state index contributed by atoms with van der Waals surface area (Å²) in [4.78, 5) is 13.3. The molecule has 310 valence electrons. The molecule has 4 aromatic rings. The molecule has 0 radical (unpaired) electrons. The summed E-state index contributed by atoms with van der Waals surface area (Å²) in [5.74, 6) is -0.852. The van der Waals surface area contributed by atoms with Gasteiger partial charge in [0.15, 0.2) is 5.79 Å². The zero-order valence-corrected chi connectivity index (χ0v) is 34.5. The Morgan fingerprint density at radius 2 is 1.16 bits per heavy atom. The van der Waals surface area contributed by atoms with E-state index in [1.54, 1.807) is 0 Å². The van der Waals surface area contributed by atoms with Crippen molar-refractivity contribution in [3.63, 3.8) is 0 Å². The molecule has 2 aliphatic heterocycles. The molecule has 58 heavy (non-hydrogen) atoms. The van der Waals surface area contributed by atoms with Crippen molar-refractivity contribution in [2.75, 3.05) is 6.61 Å². The molecule has 2 aliphatic rings. The average Bonchev–Trinajstić information content (AvgIpc) is 3.49. The number of benzene rings is 4. The minimum atomic E-state index is -0.852. The summed E-state index contributed by atoms with van der Waals surface area (Å²) in [6.45, 7) is 12.7. The normalized spacial score (nSPS) is 25.0. The van der Waals surface area contributed by atoms with Crippen molar-refractivity contribution in [2.24, 2.45) is 0 Å². The summed E-state index contributed by atoms with van der Waals surface area (Å²) in [5.41, 5.74) is 3.37. The van der Waals surface area contributed by atoms with E-state index in [1.165, 1.54) is 0 Å². The molecule has 0 spiro atoms. The number of hydrogen-bond donors (Lipinski definition) is 1. The molecule has 2 saturated heterocycles. The van der Waals surface area contributed by atoms with E-state index in [1.807, 2.05) is 175 Å². The Labute approximate surface area is 343 Å². The summed E-state index contributed by atoms with van der Waals surface area (Å²) in [7, 11) is 0. The SMILES string of the molecule is C[C@H]1OC(C)(C)O[C@H]1[C@H](/C=C/[C@@H]1OC(COCc2ccccc2)[C@H](OCc2ccccc2)[C@H](OCc2ccccc2)C1OCc1ccccc1)NC(=O)OC(C)(C)C. The van der Waals surface area contributed by atoms with Crippen LogP contribution < -0.4 is 5.32 Å². The van der Waals surface area contributed by atoms with Gasteiger partial charge in [0.05, 0.1) is 45.2 Å². The summed E-state index contributed by atoms with van der Waals surface area (Å²) >= 11 is 0. The smallest absolute Gasteiger partial charge is 0.408 e. The van der Waals surface area contributed by atoms with Crippen LogP contribution in [-0.2, 0) is 64.3 Å². The minimum Gasteiger partial charge on any atom is -0.444 e. The maximum absolute atomic E-state index is 13.3. The van der Waals surface area contributed by atoms with Crippen molar-refractivity contribution < 1.29 is 42.7 Å². The first kappa shape index (κ1) is 43.2. The van der Waals surface area contributed by atoms with Gasteiger partial charge in [-0.25, -0.2) is 4.79 Å². The highest BCUT2D eigenvalue weighted by molar-refractivity contribution is 5.68. The largest absolute Gasteiger partial charge is 0.444 e. The summed E-state index contributed by atoms with van der Waals surface area (Å²) in [6.07, 6.45) is -0.706. The van der Waals surface area contributed by atoms with Gasteiger partial charge in [0, 0.05) is 0 Å². The van der Waals surface area contributed by atoms with Crippen molar-refractivity contribution in [3.8, 4) is 0 Å². The number of hydrogen-bond acceptors (Lipinski definition) is 9. The highest BCUT2D eigenvalue weighted by Gasteiger charge is 2.48. The Balaban J connectivity index is 1.36. The number of carbonyl (C=O) groups excluding carboxylic acids is 1. The number of carbonyl (C=O) groups is 1. The predicted molar refractivity (Wildman–Crippen MR) is 222 cm³/mol. The third kappa shape index (κ3) is 13.1. The van der Waals surface area contributed by atoms with Crippen LogP contribution in [0.3, 0.4) is 0 Å². The number of alkyl carbamates (subject to hydrolysis) is 1. The third-order valence-electron chi connectivity index (χ3n) is 9.82. The quantitative estimate of drug-likeness (QED) is 0.105. The zero-order valence-electron chi connectivity index (χ0n) is 34.5. The van der Waals surface area contributed by atoms with Crippen LogP contribution in [0.5, 0.6) is 0 Å². The number of nitrogens with one attached hydrogen (secondary N) is 1. The van der Waals surface area contributed by atoms with E-state index in [4.69, 9.17) is 37.9 Å². The Hall–Kier alpha value is -4.39. The Morgan fingerprint density at radius 1 is 0.690 bits per heavy atom. The summed E-state index contributed by atoms with van der Waals surface area (Å²) in [6, 6.07) is 39.5. The van der Waals surface area contributed by atoms with E-state index in [0.717, 1.165) is 22.3 Å². The second-order valence-corrected chi connectivity index (χ2v) is 16.3. The molecule has 2 heterocycles. The molecule has 0 saturated carbocycles. The van der Waals surface area contributed by atoms with Crippen LogP contribution in [0.25, 0.3) is 0 Å². The number of ether oxygens (including phenoxy) is 8. The molecule has 2 fully saturated rings. The van der Waals surface area contributed by atoms with Crippen LogP contribution in [0.2, 0.25) is 0 Å². The fourth-order valence-corrected chi connectivity index (χ4v) is 7.22. The lowest BCUT2D eigenvalue weighted by Gasteiger charge is -2.45. The molecular formula is C48H59NO9. The molecule has 0 aromatic heterocycles. The van der Waals surface area contributed by atoms with Crippen molar-refractivity contribution in [3.05, 3.63) is 156 Å². The van der Waals surface area contributed by atoms with Crippen LogP contribution in [0, 0.1) is 0 Å². The van der Waals surface area contributed by atoms with E-state index < -0.39 is 60.1 Å². The Kier molecular flexibility index (Phi) is 15.3. The molecule has 10 heteroatoms. The van der Waals surface area contributed by atoms with Crippen LogP contribution in [0.1, 0.15) is 63.8 Å². The van der Waals surface area contributed by atoms with Gasteiger partial charge in [0.25, 0.3) is 0 Å². The third-order valence-corrected chi connectivity index (χ3v) is 9.82. The molecule has 0 bridgehead atoms. The second kappa shape index (κ2) is 20.5. The first-order valence-corrected chi connectivity index (χ1v) is 20.2.